The van der Waals surface area contributed by atoms with Gasteiger partial charge in [-0.15, -0.1) is 10.2 Å². The van der Waals surface area contributed by atoms with Gasteiger partial charge in [0.2, 0.25) is 5.13 Å². The Morgan fingerprint density at radius 1 is 1.24 bits per heavy atom. The van der Waals surface area contributed by atoms with Gasteiger partial charge in [-0.05, 0) is 26.0 Å². The number of aromatic nitrogens is 2. The maximum Gasteiger partial charge on any atom is 0.206 e. The summed E-state index contributed by atoms with van der Waals surface area (Å²) in [7, 11) is 1.66. The number of hydrogen-bond acceptors (Lipinski definition) is 5. The fourth-order valence-electron chi connectivity index (χ4n) is 1.46. The number of benzene rings is 1. The summed E-state index contributed by atoms with van der Waals surface area (Å²) in [5, 5.41) is 13.2. The van der Waals surface area contributed by atoms with Crippen LogP contribution in [0.4, 0.5) is 5.13 Å². The molecule has 0 aliphatic carbocycles. The lowest BCUT2D eigenvalue weighted by Gasteiger charge is -2.04. The van der Waals surface area contributed by atoms with Gasteiger partial charge in [-0.3, -0.25) is 0 Å². The van der Waals surface area contributed by atoms with Crippen molar-refractivity contribution in [2.45, 2.75) is 19.9 Å². The smallest absolute Gasteiger partial charge is 0.206 e. The number of nitrogens with one attached hydrogen (secondary N) is 1. The van der Waals surface area contributed by atoms with Gasteiger partial charge in [-0.2, -0.15) is 0 Å². The highest BCUT2D eigenvalue weighted by Crippen LogP contribution is 2.33. The third-order valence-corrected chi connectivity index (χ3v) is 3.06. The fraction of sp³-hybridized carbons (Fsp3) is 0.333. The second-order valence-corrected chi connectivity index (χ2v) is 4.89. The summed E-state index contributed by atoms with van der Waals surface area (Å²) < 4.78 is 5.31. The van der Waals surface area contributed by atoms with E-state index in [4.69, 9.17) is 4.74 Å². The van der Waals surface area contributed by atoms with Gasteiger partial charge in [0.25, 0.3) is 0 Å². The predicted octanol–water partition coefficient (Wildman–Crippen LogP) is 3.03. The maximum atomic E-state index is 5.31. The molecule has 0 saturated carbocycles. The minimum atomic E-state index is 0.355. The van der Waals surface area contributed by atoms with E-state index >= 15 is 0 Å². The van der Waals surface area contributed by atoms with Crippen molar-refractivity contribution in [2.75, 3.05) is 12.4 Å². The van der Waals surface area contributed by atoms with E-state index in [1.165, 1.54) is 11.3 Å². The Hall–Kier alpha value is -1.62. The number of anilines is 1. The zero-order chi connectivity index (χ0) is 12.3. The molecule has 5 heteroatoms. The van der Waals surface area contributed by atoms with Crippen LogP contribution in [0, 0.1) is 0 Å². The molecule has 0 atom stereocenters. The zero-order valence-corrected chi connectivity index (χ0v) is 10.9. The van der Waals surface area contributed by atoms with Gasteiger partial charge in [-0.25, -0.2) is 0 Å². The largest absolute Gasteiger partial charge is 0.496 e. The van der Waals surface area contributed by atoms with E-state index in [0.717, 1.165) is 21.5 Å². The molecule has 0 unspecified atom stereocenters. The van der Waals surface area contributed by atoms with Gasteiger partial charge < -0.3 is 10.1 Å². The SMILES string of the molecule is COc1ccccc1-c1nnc(NC(C)C)s1. The summed E-state index contributed by atoms with van der Waals surface area (Å²) in [5.74, 6) is 0.819. The summed E-state index contributed by atoms with van der Waals surface area (Å²) in [6, 6.07) is 8.17. The van der Waals surface area contributed by atoms with E-state index in [2.05, 4.69) is 29.4 Å². The standard InChI is InChI=1S/C12H15N3OS/c1-8(2)13-12-15-14-11(17-12)9-6-4-5-7-10(9)16-3/h4-8H,1-3H3,(H,13,15). The lowest BCUT2D eigenvalue weighted by molar-refractivity contribution is 0.416. The Kier molecular flexibility index (Phi) is 3.58. The molecule has 1 aromatic carbocycles. The second kappa shape index (κ2) is 5.14. The first kappa shape index (κ1) is 11.9. The van der Waals surface area contributed by atoms with E-state index in [9.17, 15) is 0 Å². The molecule has 0 aliphatic rings. The molecule has 0 amide bonds. The van der Waals surface area contributed by atoms with Crippen molar-refractivity contribution >= 4 is 16.5 Å². The average Bonchev–Trinajstić information content (AvgIpc) is 2.76. The molecule has 0 aliphatic heterocycles. The molecule has 1 aromatic heterocycles. The number of methoxy groups -OCH3 is 1. The Morgan fingerprint density at radius 3 is 2.71 bits per heavy atom. The first-order valence-electron chi connectivity index (χ1n) is 5.44. The Balaban J connectivity index is 2.30. The maximum absolute atomic E-state index is 5.31. The van der Waals surface area contributed by atoms with Gasteiger partial charge in [0, 0.05) is 6.04 Å². The minimum Gasteiger partial charge on any atom is -0.496 e. The normalized spacial score (nSPS) is 10.6. The highest BCUT2D eigenvalue weighted by molar-refractivity contribution is 7.18. The van der Waals surface area contributed by atoms with Crippen LogP contribution in [-0.2, 0) is 0 Å². The van der Waals surface area contributed by atoms with Crippen molar-refractivity contribution in [3.8, 4) is 16.3 Å². The van der Waals surface area contributed by atoms with Crippen molar-refractivity contribution in [1.82, 2.24) is 10.2 Å². The molecule has 1 heterocycles. The number of para-hydroxylation sites is 1. The van der Waals surface area contributed by atoms with Crippen molar-refractivity contribution in [2.24, 2.45) is 0 Å². The number of ether oxygens (including phenoxy) is 1. The summed E-state index contributed by atoms with van der Waals surface area (Å²) in [5.41, 5.74) is 0.976. The third-order valence-electron chi connectivity index (χ3n) is 2.17. The van der Waals surface area contributed by atoms with Crippen LogP contribution in [0.1, 0.15) is 13.8 Å². The van der Waals surface area contributed by atoms with E-state index in [1.807, 2.05) is 24.3 Å². The van der Waals surface area contributed by atoms with Gasteiger partial charge in [0.15, 0.2) is 5.01 Å². The molecule has 1 N–H and O–H groups in total. The predicted molar refractivity (Wildman–Crippen MR) is 70.7 cm³/mol. The molecule has 0 bridgehead atoms. The van der Waals surface area contributed by atoms with Crippen LogP contribution >= 0.6 is 11.3 Å². The zero-order valence-electron chi connectivity index (χ0n) is 10.1. The van der Waals surface area contributed by atoms with E-state index in [0.29, 0.717) is 6.04 Å². The van der Waals surface area contributed by atoms with Crippen LogP contribution < -0.4 is 10.1 Å². The molecule has 0 fully saturated rings. The molecule has 17 heavy (non-hydrogen) atoms. The highest BCUT2D eigenvalue weighted by atomic mass is 32.1. The van der Waals surface area contributed by atoms with Crippen molar-refractivity contribution in [1.29, 1.82) is 0 Å². The molecule has 0 radical (unpaired) electrons. The van der Waals surface area contributed by atoms with Crippen LogP contribution in [0.5, 0.6) is 5.75 Å². The van der Waals surface area contributed by atoms with Crippen LogP contribution in [-0.4, -0.2) is 23.3 Å². The fourth-order valence-corrected chi connectivity index (χ4v) is 2.38. The van der Waals surface area contributed by atoms with Crippen molar-refractivity contribution < 1.29 is 4.74 Å². The Morgan fingerprint density at radius 2 is 2.00 bits per heavy atom. The second-order valence-electron chi connectivity index (χ2n) is 3.91. The topological polar surface area (TPSA) is 47.0 Å². The summed E-state index contributed by atoms with van der Waals surface area (Å²) in [6.07, 6.45) is 0. The number of hydrogen-bond donors (Lipinski definition) is 1. The van der Waals surface area contributed by atoms with Crippen LogP contribution in [0.15, 0.2) is 24.3 Å². The molecule has 2 rings (SSSR count). The van der Waals surface area contributed by atoms with Crippen LogP contribution in [0.25, 0.3) is 10.6 Å². The summed E-state index contributed by atoms with van der Waals surface area (Å²) in [4.78, 5) is 0. The lowest BCUT2D eigenvalue weighted by atomic mass is 10.2. The first-order chi connectivity index (χ1) is 8.20. The summed E-state index contributed by atoms with van der Waals surface area (Å²) in [6.45, 7) is 4.15. The quantitative estimate of drug-likeness (QED) is 0.904. The van der Waals surface area contributed by atoms with E-state index in [-0.39, 0.29) is 0 Å². The van der Waals surface area contributed by atoms with Crippen LogP contribution in [0.3, 0.4) is 0 Å². The molecule has 4 nitrogen and oxygen atoms in total. The monoisotopic (exact) mass is 249 g/mol. The van der Waals surface area contributed by atoms with Crippen LogP contribution in [0.2, 0.25) is 0 Å². The molecule has 90 valence electrons. The minimum absolute atomic E-state index is 0.355. The Bertz CT molecular complexity index is 496. The molecule has 2 aromatic rings. The van der Waals surface area contributed by atoms with Gasteiger partial charge >= 0.3 is 0 Å². The van der Waals surface area contributed by atoms with Gasteiger partial charge in [0.1, 0.15) is 5.75 Å². The van der Waals surface area contributed by atoms with Crippen molar-refractivity contribution in [3.63, 3.8) is 0 Å². The molecular weight excluding hydrogens is 234 g/mol. The molecular formula is C12H15N3OS. The van der Waals surface area contributed by atoms with E-state index < -0.39 is 0 Å². The lowest BCUT2D eigenvalue weighted by Crippen LogP contribution is -2.08. The Labute approximate surface area is 105 Å². The van der Waals surface area contributed by atoms with Gasteiger partial charge in [-0.1, -0.05) is 23.5 Å². The average molecular weight is 249 g/mol. The third kappa shape index (κ3) is 2.74. The van der Waals surface area contributed by atoms with Crippen molar-refractivity contribution in [3.05, 3.63) is 24.3 Å². The van der Waals surface area contributed by atoms with E-state index in [1.54, 1.807) is 7.11 Å². The van der Waals surface area contributed by atoms with Gasteiger partial charge in [0.05, 0.1) is 12.7 Å². The first-order valence-corrected chi connectivity index (χ1v) is 6.26. The molecule has 0 spiro atoms. The summed E-state index contributed by atoms with van der Waals surface area (Å²) >= 11 is 1.53. The highest BCUT2D eigenvalue weighted by Gasteiger charge is 2.11. The number of rotatable bonds is 4. The number of nitrogens with zero attached hydrogens (tertiary/aromatic N) is 2. The molecule has 0 saturated heterocycles.